The molecule has 2 heterocycles. The number of piperazine rings is 1. The van der Waals surface area contributed by atoms with Gasteiger partial charge in [-0.3, -0.25) is 9.69 Å². The van der Waals surface area contributed by atoms with Crippen LogP contribution in [0.15, 0.2) is 24.3 Å². The van der Waals surface area contributed by atoms with Gasteiger partial charge in [0.1, 0.15) is 0 Å². The largest absolute Gasteiger partial charge is 0.379 e. The summed E-state index contributed by atoms with van der Waals surface area (Å²) >= 11 is 0. The Morgan fingerprint density at radius 1 is 1.00 bits per heavy atom. The monoisotopic (exact) mass is 388 g/mol. The fraction of sp³-hybridized carbons (Fsp3) is 0.619. The first-order chi connectivity index (χ1) is 13.6. The number of morpholine rings is 1. The molecule has 1 unspecified atom stereocenters. The number of aryl methyl sites for hydroxylation is 1. The van der Waals surface area contributed by atoms with E-state index in [1.165, 1.54) is 5.56 Å². The molecule has 2 fully saturated rings. The van der Waals surface area contributed by atoms with Crippen LogP contribution in [0.2, 0.25) is 0 Å². The average molecular weight is 389 g/mol. The van der Waals surface area contributed by atoms with E-state index in [1.807, 2.05) is 11.8 Å². The second kappa shape index (κ2) is 9.89. The van der Waals surface area contributed by atoms with Crippen LogP contribution in [0.5, 0.6) is 0 Å². The fourth-order valence-corrected chi connectivity index (χ4v) is 3.61. The Bertz CT molecular complexity index is 650. The summed E-state index contributed by atoms with van der Waals surface area (Å²) in [4.78, 5) is 30.9. The van der Waals surface area contributed by atoms with Crippen LogP contribution in [-0.2, 0) is 16.0 Å². The molecule has 2 aliphatic rings. The first-order valence-electron chi connectivity index (χ1n) is 10.3. The van der Waals surface area contributed by atoms with Gasteiger partial charge in [0.15, 0.2) is 0 Å². The number of benzene rings is 1. The van der Waals surface area contributed by atoms with Crippen molar-refractivity contribution in [2.45, 2.75) is 26.3 Å². The maximum absolute atomic E-state index is 12.6. The normalized spacial score (nSPS) is 19.4. The average Bonchev–Trinajstić information content (AvgIpc) is 2.74. The molecule has 7 heteroatoms. The SMILES string of the molecule is CCc1ccc(C(C)NC(=O)N2CCN(C(=O)CN3CCOCC3)CC2)cc1. The van der Waals surface area contributed by atoms with Gasteiger partial charge < -0.3 is 19.9 Å². The predicted molar refractivity (Wildman–Crippen MR) is 108 cm³/mol. The van der Waals surface area contributed by atoms with E-state index in [9.17, 15) is 9.59 Å². The lowest BCUT2D eigenvalue weighted by Gasteiger charge is -2.36. The molecule has 1 atom stereocenters. The van der Waals surface area contributed by atoms with Crippen LogP contribution >= 0.6 is 0 Å². The number of urea groups is 1. The molecular weight excluding hydrogens is 356 g/mol. The van der Waals surface area contributed by atoms with Gasteiger partial charge in [-0.25, -0.2) is 4.79 Å². The number of nitrogens with zero attached hydrogens (tertiary/aromatic N) is 3. The van der Waals surface area contributed by atoms with Gasteiger partial charge >= 0.3 is 6.03 Å². The fourth-order valence-electron chi connectivity index (χ4n) is 3.61. The van der Waals surface area contributed by atoms with Crippen LogP contribution in [0, 0.1) is 0 Å². The van der Waals surface area contributed by atoms with Crippen molar-refractivity contribution in [3.63, 3.8) is 0 Å². The van der Waals surface area contributed by atoms with Gasteiger partial charge in [-0.05, 0) is 24.5 Å². The highest BCUT2D eigenvalue weighted by Gasteiger charge is 2.26. The molecule has 2 aliphatic heterocycles. The Kier molecular flexibility index (Phi) is 7.28. The molecule has 0 saturated carbocycles. The molecule has 1 N–H and O–H groups in total. The van der Waals surface area contributed by atoms with Gasteiger partial charge in [0.2, 0.25) is 5.91 Å². The van der Waals surface area contributed by atoms with Gasteiger partial charge in [-0.15, -0.1) is 0 Å². The van der Waals surface area contributed by atoms with E-state index in [4.69, 9.17) is 4.74 Å². The van der Waals surface area contributed by atoms with Crippen molar-refractivity contribution in [3.05, 3.63) is 35.4 Å². The molecule has 0 spiro atoms. The van der Waals surface area contributed by atoms with Crippen LogP contribution in [0.3, 0.4) is 0 Å². The minimum absolute atomic E-state index is 0.0422. The Morgan fingerprint density at radius 2 is 1.61 bits per heavy atom. The van der Waals surface area contributed by atoms with E-state index in [0.29, 0.717) is 45.9 Å². The van der Waals surface area contributed by atoms with Gasteiger partial charge in [0.25, 0.3) is 0 Å². The third-order valence-corrected chi connectivity index (χ3v) is 5.61. The highest BCUT2D eigenvalue weighted by atomic mass is 16.5. The zero-order valence-corrected chi connectivity index (χ0v) is 17.0. The van der Waals surface area contributed by atoms with E-state index >= 15 is 0 Å². The van der Waals surface area contributed by atoms with E-state index < -0.39 is 0 Å². The van der Waals surface area contributed by atoms with E-state index in [1.54, 1.807) is 4.90 Å². The highest BCUT2D eigenvalue weighted by molar-refractivity contribution is 5.79. The Balaban J connectivity index is 1.43. The number of rotatable bonds is 5. The van der Waals surface area contributed by atoms with Crippen LogP contribution in [0.25, 0.3) is 0 Å². The highest BCUT2D eigenvalue weighted by Crippen LogP contribution is 2.15. The van der Waals surface area contributed by atoms with E-state index in [2.05, 4.69) is 41.4 Å². The second-order valence-corrected chi connectivity index (χ2v) is 7.52. The predicted octanol–water partition coefficient (Wildman–Crippen LogP) is 1.50. The summed E-state index contributed by atoms with van der Waals surface area (Å²) < 4.78 is 5.32. The molecule has 28 heavy (non-hydrogen) atoms. The molecule has 0 bridgehead atoms. The van der Waals surface area contributed by atoms with Crippen molar-refractivity contribution < 1.29 is 14.3 Å². The third-order valence-electron chi connectivity index (χ3n) is 5.61. The van der Waals surface area contributed by atoms with Gasteiger partial charge in [0, 0.05) is 39.3 Å². The molecule has 3 rings (SSSR count). The van der Waals surface area contributed by atoms with Crippen molar-refractivity contribution >= 4 is 11.9 Å². The number of carbonyl (C=O) groups is 2. The smallest absolute Gasteiger partial charge is 0.317 e. The second-order valence-electron chi connectivity index (χ2n) is 7.52. The van der Waals surface area contributed by atoms with Crippen molar-refractivity contribution in [1.82, 2.24) is 20.0 Å². The molecular formula is C21H32N4O3. The number of hydrogen-bond donors (Lipinski definition) is 1. The van der Waals surface area contributed by atoms with Crippen LogP contribution in [-0.4, -0.2) is 85.7 Å². The Morgan fingerprint density at radius 3 is 2.21 bits per heavy atom. The standard InChI is InChI=1S/C21H32N4O3/c1-3-18-4-6-19(7-5-18)17(2)22-21(27)25-10-8-24(9-11-25)20(26)16-23-12-14-28-15-13-23/h4-7,17H,3,8-16H2,1-2H3,(H,22,27). The van der Waals surface area contributed by atoms with Gasteiger partial charge in [-0.2, -0.15) is 0 Å². The lowest BCUT2D eigenvalue weighted by molar-refractivity contribution is -0.134. The Hall–Kier alpha value is -2.12. The lowest BCUT2D eigenvalue weighted by atomic mass is 10.1. The van der Waals surface area contributed by atoms with E-state index in [0.717, 1.165) is 25.1 Å². The first kappa shape index (κ1) is 20.6. The van der Waals surface area contributed by atoms with Crippen molar-refractivity contribution in [2.24, 2.45) is 0 Å². The van der Waals surface area contributed by atoms with E-state index in [-0.39, 0.29) is 18.0 Å². The van der Waals surface area contributed by atoms with Crippen molar-refractivity contribution in [1.29, 1.82) is 0 Å². The molecule has 0 aromatic heterocycles. The molecule has 0 radical (unpaired) electrons. The zero-order valence-electron chi connectivity index (χ0n) is 17.0. The topological polar surface area (TPSA) is 65.1 Å². The number of amides is 3. The van der Waals surface area contributed by atoms with Gasteiger partial charge in [-0.1, -0.05) is 31.2 Å². The summed E-state index contributed by atoms with van der Waals surface area (Å²) in [7, 11) is 0. The summed E-state index contributed by atoms with van der Waals surface area (Å²) in [5, 5.41) is 3.07. The summed E-state index contributed by atoms with van der Waals surface area (Å²) in [5.74, 6) is 0.145. The summed E-state index contributed by atoms with van der Waals surface area (Å²) in [6.07, 6.45) is 1.01. The van der Waals surface area contributed by atoms with Crippen molar-refractivity contribution in [3.8, 4) is 0 Å². The maximum Gasteiger partial charge on any atom is 0.317 e. The summed E-state index contributed by atoms with van der Waals surface area (Å²) in [6.45, 7) is 9.92. The number of ether oxygens (including phenoxy) is 1. The van der Waals surface area contributed by atoms with Crippen LogP contribution in [0.4, 0.5) is 4.79 Å². The maximum atomic E-state index is 12.6. The molecule has 3 amide bonds. The Labute approximate surface area is 167 Å². The quantitative estimate of drug-likeness (QED) is 0.830. The van der Waals surface area contributed by atoms with Crippen LogP contribution < -0.4 is 5.32 Å². The molecule has 2 saturated heterocycles. The molecule has 1 aromatic carbocycles. The minimum atomic E-state index is -0.0626. The molecule has 7 nitrogen and oxygen atoms in total. The summed E-state index contributed by atoms with van der Waals surface area (Å²) in [6, 6.07) is 8.26. The molecule has 1 aromatic rings. The number of carbonyl (C=O) groups excluding carboxylic acids is 2. The molecule has 154 valence electrons. The third kappa shape index (κ3) is 5.45. The minimum Gasteiger partial charge on any atom is -0.379 e. The van der Waals surface area contributed by atoms with Crippen LogP contribution in [0.1, 0.15) is 31.0 Å². The molecule has 0 aliphatic carbocycles. The lowest BCUT2D eigenvalue weighted by Crippen LogP contribution is -2.55. The first-order valence-corrected chi connectivity index (χ1v) is 10.3. The zero-order chi connectivity index (χ0) is 19.9. The number of hydrogen-bond acceptors (Lipinski definition) is 4. The van der Waals surface area contributed by atoms with Crippen molar-refractivity contribution in [2.75, 3.05) is 59.0 Å². The summed E-state index contributed by atoms with van der Waals surface area (Å²) in [5.41, 5.74) is 2.39. The van der Waals surface area contributed by atoms with Gasteiger partial charge in [0.05, 0.1) is 25.8 Å². The number of nitrogens with one attached hydrogen (secondary N) is 1.